The van der Waals surface area contributed by atoms with Crippen LogP contribution >= 0.6 is 0 Å². The number of hydrogen-bond donors (Lipinski definition) is 0. The molecule has 43 heavy (non-hydrogen) atoms. The summed E-state index contributed by atoms with van der Waals surface area (Å²) in [7, 11) is 3.05. The third-order valence-corrected chi connectivity index (χ3v) is 6.65. The molecule has 0 spiro atoms. The molecule has 1 aliphatic carbocycles. The minimum absolute atomic E-state index is 0.00587. The van der Waals surface area contributed by atoms with Gasteiger partial charge in [-0.05, 0) is 60.7 Å². The van der Waals surface area contributed by atoms with Gasteiger partial charge in [0.05, 0.1) is 30.9 Å². The molecule has 0 saturated heterocycles. The second-order valence-corrected chi connectivity index (χ2v) is 9.42. The maximum Gasteiger partial charge on any atom is 0.343 e. The van der Waals surface area contributed by atoms with Crippen LogP contribution in [0.4, 0.5) is 0 Å². The van der Waals surface area contributed by atoms with Crippen molar-refractivity contribution in [3.63, 3.8) is 0 Å². The first kappa shape index (κ1) is 28.8. The van der Waals surface area contributed by atoms with E-state index >= 15 is 0 Å². The van der Waals surface area contributed by atoms with Crippen LogP contribution in [0.2, 0.25) is 0 Å². The third-order valence-electron chi connectivity index (χ3n) is 6.65. The Balaban J connectivity index is 1.83. The zero-order valence-electron chi connectivity index (χ0n) is 23.8. The fourth-order valence-electron chi connectivity index (χ4n) is 4.82. The average Bonchev–Trinajstić information content (AvgIpc) is 3.00. The van der Waals surface area contributed by atoms with Gasteiger partial charge in [0.15, 0.2) is 0 Å². The molecule has 4 aromatic carbocycles. The summed E-state index contributed by atoms with van der Waals surface area (Å²) in [5, 5.41) is 0. The molecule has 1 aliphatic rings. The topological polar surface area (TPSA) is 114 Å². The molecule has 0 saturated carbocycles. The van der Waals surface area contributed by atoms with Crippen molar-refractivity contribution in [2.75, 3.05) is 14.2 Å². The highest BCUT2D eigenvalue weighted by molar-refractivity contribution is 6.24. The number of carbonyl (C=O) groups is 4. The lowest BCUT2D eigenvalue weighted by molar-refractivity contribution is -0.132. The predicted molar refractivity (Wildman–Crippen MR) is 156 cm³/mol. The van der Waals surface area contributed by atoms with Crippen LogP contribution in [0, 0.1) is 0 Å². The lowest BCUT2D eigenvalue weighted by Gasteiger charge is -2.26. The van der Waals surface area contributed by atoms with E-state index in [-0.39, 0.29) is 33.9 Å². The van der Waals surface area contributed by atoms with Crippen molar-refractivity contribution in [2.45, 2.75) is 13.8 Å². The summed E-state index contributed by atoms with van der Waals surface area (Å²) in [6.07, 6.45) is 0. The summed E-state index contributed by atoms with van der Waals surface area (Å²) in [5.74, 6) is -1.21. The number of rotatable bonds is 7. The summed E-state index contributed by atoms with van der Waals surface area (Å²) < 4.78 is 27.5. The number of fused-ring (bicyclic) bond motifs is 2. The molecule has 0 fully saturated rings. The summed E-state index contributed by atoms with van der Waals surface area (Å²) in [6.45, 7) is 2.45. The molecule has 0 N–H and O–H groups in total. The van der Waals surface area contributed by atoms with Crippen LogP contribution in [-0.4, -0.2) is 37.9 Å². The van der Waals surface area contributed by atoms with Crippen molar-refractivity contribution in [3.8, 4) is 23.0 Å². The smallest absolute Gasteiger partial charge is 0.343 e. The average molecular weight is 579 g/mol. The normalized spacial score (nSPS) is 11.5. The minimum Gasteiger partial charge on any atom is -0.497 e. The van der Waals surface area contributed by atoms with Gasteiger partial charge in [0.25, 0.3) is 0 Å². The fourth-order valence-corrected chi connectivity index (χ4v) is 4.82. The predicted octanol–water partition coefficient (Wildman–Crippen LogP) is 5.87. The molecule has 0 bridgehead atoms. The highest BCUT2D eigenvalue weighted by Crippen LogP contribution is 2.46. The van der Waals surface area contributed by atoms with Crippen LogP contribution in [-0.2, 0) is 14.3 Å². The number of methoxy groups -OCH3 is 2. The molecular formula is C34H26O9. The van der Waals surface area contributed by atoms with Gasteiger partial charge in [-0.1, -0.05) is 24.3 Å². The zero-order chi connectivity index (χ0) is 30.7. The Labute approximate surface area is 247 Å². The molecule has 0 heterocycles. The molecular weight excluding hydrogens is 552 g/mol. The number of carbonyl (C=O) groups excluding carboxylic acids is 4. The fraction of sp³-hybridized carbons (Fsp3) is 0.118. The molecule has 0 aromatic heterocycles. The van der Waals surface area contributed by atoms with Gasteiger partial charge < -0.3 is 23.7 Å². The lowest BCUT2D eigenvalue weighted by atomic mass is 9.79. The van der Waals surface area contributed by atoms with E-state index < -0.39 is 23.7 Å². The van der Waals surface area contributed by atoms with Crippen LogP contribution in [0.1, 0.15) is 56.8 Å². The second-order valence-electron chi connectivity index (χ2n) is 9.42. The van der Waals surface area contributed by atoms with E-state index in [1.165, 1.54) is 40.2 Å². The lowest BCUT2D eigenvalue weighted by Crippen LogP contribution is -2.20. The molecule has 0 amide bonds. The van der Waals surface area contributed by atoms with Crippen LogP contribution < -0.4 is 18.9 Å². The molecule has 5 rings (SSSR count). The van der Waals surface area contributed by atoms with Crippen molar-refractivity contribution < 1.29 is 42.9 Å². The van der Waals surface area contributed by atoms with Crippen LogP contribution in [0.3, 0.4) is 0 Å². The maximum atomic E-state index is 14.1. The first-order valence-corrected chi connectivity index (χ1v) is 13.1. The SMILES string of the molecule is COc1ccc(C(=O)OC(=C2c3cccc(OC(C)=O)c3C(=O)c3c(OC(C)=O)cccc32)c2ccc(OC)cc2)cc1. The zero-order valence-corrected chi connectivity index (χ0v) is 23.8. The molecule has 216 valence electrons. The van der Waals surface area contributed by atoms with Crippen molar-refractivity contribution >= 4 is 35.0 Å². The highest BCUT2D eigenvalue weighted by Gasteiger charge is 2.36. The summed E-state index contributed by atoms with van der Waals surface area (Å²) in [5.41, 5.74) is 1.88. The van der Waals surface area contributed by atoms with E-state index in [0.717, 1.165) is 0 Å². The van der Waals surface area contributed by atoms with Crippen molar-refractivity contribution in [1.82, 2.24) is 0 Å². The van der Waals surface area contributed by atoms with Crippen molar-refractivity contribution in [1.29, 1.82) is 0 Å². The van der Waals surface area contributed by atoms with Crippen LogP contribution in [0.5, 0.6) is 23.0 Å². The molecule has 0 radical (unpaired) electrons. The van der Waals surface area contributed by atoms with E-state index in [1.807, 2.05) is 0 Å². The number of ketones is 1. The Morgan fingerprint density at radius 2 is 1.02 bits per heavy atom. The van der Waals surface area contributed by atoms with Gasteiger partial charge in [0, 0.05) is 36.1 Å². The number of hydrogen-bond acceptors (Lipinski definition) is 9. The standard InChI is InChI=1S/C34H26O9/c1-19(35)41-27-9-5-7-25-29(26-8-6-10-28(42-20(2)36)31(26)32(37)30(25)27)33(21-11-15-23(39-3)16-12-21)43-34(38)22-13-17-24(40-4)18-14-22/h5-18H,1-4H3. The summed E-state index contributed by atoms with van der Waals surface area (Å²) >= 11 is 0. The first-order chi connectivity index (χ1) is 20.7. The molecule has 9 nitrogen and oxygen atoms in total. The molecule has 4 aromatic rings. The summed E-state index contributed by atoms with van der Waals surface area (Å²) in [6, 6.07) is 22.8. The Morgan fingerprint density at radius 1 is 0.581 bits per heavy atom. The minimum atomic E-state index is -0.673. The Morgan fingerprint density at radius 3 is 1.44 bits per heavy atom. The molecule has 0 aliphatic heterocycles. The second kappa shape index (κ2) is 12.0. The van der Waals surface area contributed by atoms with Gasteiger partial charge in [-0.25, -0.2) is 4.79 Å². The third kappa shape index (κ3) is 5.73. The first-order valence-electron chi connectivity index (χ1n) is 13.1. The van der Waals surface area contributed by atoms with Crippen LogP contribution in [0.25, 0.3) is 11.3 Å². The van der Waals surface area contributed by atoms with E-state index in [4.69, 9.17) is 23.7 Å². The highest BCUT2D eigenvalue weighted by atomic mass is 16.5. The van der Waals surface area contributed by atoms with Crippen molar-refractivity contribution in [3.05, 3.63) is 118 Å². The Bertz CT molecular complexity index is 1710. The van der Waals surface area contributed by atoms with E-state index in [1.54, 1.807) is 72.8 Å². The van der Waals surface area contributed by atoms with Gasteiger partial charge in [-0.15, -0.1) is 0 Å². The summed E-state index contributed by atoms with van der Waals surface area (Å²) in [4.78, 5) is 51.7. The molecule has 0 unspecified atom stereocenters. The van der Waals surface area contributed by atoms with Crippen LogP contribution in [0.15, 0.2) is 84.9 Å². The molecule has 9 heteroatoms. The maximum absolute atomic E-state index is 14.1. The van der Waals surface area contributed by atoms with Crippen molar-refractivity contribution in [2.24, 2.45) is 0 Å². The number of ether oxygens (including phenoxy) is 5. The Hall–Kier alpha value is -5.70. The number of esters is 3. The number of benzene rings is 4. The van der Waals surface area contributed by atoms with E-state index in [0.29, 0.717) is 33.8 Å². The molecule has 0 atom stereocenters. The van der Waals surface area contributed by atoms with E-state index in [2.05, 4.69) is 0 Å². The largest absolute Gasteiger partial charge is 0.497 e. The quantitative estimate of drug-likeness (QED) is 0.133. The van der Waals surface area contributed by atoms with Gasteiger partial charge in [-0.2, -0.15) is 0 Å². The Kier molecular flexibility index (Phi) is 8.07. The van der Waals surface area contributed by atoms with Gasteiger partial charge in [0.2, 0.25) is 5.78 Å². The van der Waals surface area contributed by atoms with Gasteiger partial charge in [0.1, 0.15) is 28.8 Å². The van der Waals surface area contributed by atoms with Gasteiger partial charge in [-0.3, -0.25) is 14.4 Å². The van der Waals surface area contributed by atoms with E-state index in [9.17, 15) is 19.2 Å². The van der Waals surface area contributed by atoms with Gasteiger partial charge >= 0.3 is 17.9 Å². The monoisotopic (exact) mass is 578 g/mol.